The van der Waals surface area contributed by atoms with Crippen molar-refractivity contribution in [1.29, 1.82) is 5.26 Å². The van der Waals surface area contributed by atoms with Crippen LogP contribution in [0.5, 0.6) is 0 Å². The Balaban J connectivity index is 1.28. The SMILES string of the molecule is Cc1ccc(C2CN(c3ccc4nccc(C(=O)NCC(=O)N5CSCC5C#N)c4c3)C2)cc1. The number of fused-ring (bicyclic) bond motifs is 1. The molecule has 0 aliphatic carbocycles. The summed E-state index contributed by atoms with van der Waals surface area (Å²) in [4.78, 5) is 33.7. The Labute approximate surface area is 202 Å². The molecule has 34 heavy (non-hydrogen) atoms. The highest BCUT2D eigenvalue weighted by Gasteiger charge is 2.30. The summed E-state index contributed by atoms with van der Waals surface area (Å²) in [6.45, 7) is 3.82. The fourth-order valence-electron chi connectivity index (χ4n) is 4.42. The number of rotatable bonds is 5. The molecule has 1 atom stereocenters. The minimum Gasteiger partial charge on any atom is -0.370 e. The van der Waals surface area contributed by atoms with Crippen LogP contribution in [0.4, 0.5) is 5.69 Å². The van der Waals surface area contributed by atoms with Gasteiger partial charge in [0.05, 0.1) is 29.6 Å². The number of benzene rings is 2. The maximum atomic E-state index is 13.0. The number of aryl methyl sites for hydroxylation is 1. The average molecular weight is 472 g/mol. The molecule has 5 rings (SSSR count). The predicted octanol–water partition coefficient (Wildman–Crippen LogP) is 3.30. The quantitative estimate of drug-likeness (QED) is 0.614. The second-order valence-corrected chi connectivity index (χ2v) is 9.76. The molecule has 8 heteroatoms. The van der Waals surface area contributed by atoms with Crippen LogP contribution in [-0.2, 0) is 4.79 Å². The summed E-state index contributed by atoms with van der Waals surface area (Å²) in [6.07, 6.45) is 1.61. The number of nitrogens with one attached hydrogen (secondary N) is 1. The van der Waals surface area contributed by atoms with Crippen LogP contribution in [0.2, 0.25) is 0 Å². The summed E-state index contributed by atoms with van der Waals surface area (Å²) in [5, 5.41) is 12.7. The van der Waals surface area contributed by atoms with Crippen molar-refractivity contribution in [1.82, 2.24) is 15.2 Å². The Bertz CT molecular complexity index is 1280. The zero-order valence-electron chi connectivity index (χ0n) is 18.9. The van der Waals surface area contributed by atoms with Crippen molar-refractivity contribution in [3.8, 4) is 6.07 Å². The third kappa shape index (κ3) is 4.31. The van der Waals surface area contributed by atoms with Crippen LogP contribution in [-0.4, -0.2) is 59.0 Å². The molecular formula is C26H25N5O2S. The van der Waals surface area contributed by atoms with Gasteiger partial charge >= 0.3 is 0 Å². The largest absolute Gasteiger partial charge is 0.370 e. The number of hydrogen-bond donors (Lipinski definition) is 1. The standard InChI is InChI=1S/C26H25N5O2S/c1-17-2-4-18(5-3-17)19-13-30(14-19)20-6-7-24-23(10-20)22(8-9-28-24)26(33)29-12-25(32)31-16-34-15-21(31)11-27/h2-10,19,21H,12-16H2,1H3,(H,29,33). The number of carbonyl (C=O) groups is 2. The Morgan fingerprint density at radius 1 is 1.18 bits per heavy atom. The number of nitrogens with zero attached hydrogens (tertiary/aromatic N) is 4. The normalized spacial score (nSPS) is 17.9. The number of pyridine rings is 1. The van der Waals surface area contributed by atoms with E-state index in [0.717, 1.165) is 29.7 Å². The zero-order valence-corrected chi connectivity index (χ0v) is 19.7. The molecule has 3 aromatic rings. The summed E-state index contributed by atoms with van der Waals surface area (Å²) in [5.74, 6) is 1.02. The Morgan fingerprint density at radius 3 is 2.74 bits per heavy atom. The highest BCUT2D eigenvalue weighted by molar-refractivity contribution is 7.99. The molecule has 1 N–H and O–H groups in total. The number of hydrogen-bond acceptors (Lipinski definition) is 6. The van der Waals surface area contributed by atoms with Crippen LogP contribution >= 0.6 is 11.8 Å². The van der Waals surface area contributed by atoms with Crippen LogP contribution in [0.3, 0.4) is 0 Å². The van der Waals surface area contributed by atoms with Crippen molar-refractivity contribution < 1.29 is 9.59 Å². The first kappa shape index (κ1) is 22.2. The molecule has 2 saturated heterocycles. The number of aromatic nitrogens is 1. The molecule has 0 spiro atoms. The van der Waals surface area contributed by atoms with E-state index < -0.39 is 6.04 Å². The topological polar surface area (TPSA) is 89.3 Å². The molecule has 3 heterocycles. The Kier molecular flexibility index (Phi) is 6.12. The van der Waals surface area contributed by atoms with Crippen molar-refractivity contribution in [2.45, 2.75) is 18.9 Å². The number of carbonyl (C=O) groups excluding carboxylic acids is 2. The molecule has 2 amide bonds. The smallest absolute Gasteiger partial charge is 0.252 e. The second-order valence-electron chi connectivity index (χ2n) is 8.76. The molecule has 1 aromatic heterocycles. The minimum atomic E-state index is -0.432. The molecule has 172 valence electrons. The lowest BCUT2D eigenvalue weighted by atomic mass is 9.90. The van der Waals surface area contributed by atoms with Crippen LogP contribution in [0.25, 0.3) is 10.9 Å². The second kappa shape index (κ2) is 9.35. The molecule has 0 radical (unpaired) electrons. The number of anilines is 1. The summed E-state index contributed by atoms with van der Waals surface area (Å²) in [7, 11) is 0. The summed E-state index contributed by atoms with van der Waals surface area (Å²) in [5.41, 5.74) is 4.89. The molecule has 0 saturated carbocycles. The van der Waals surface area contributed by atoms with E-state index in [-0.39, 0.29) is 18.4 Å². The van der Waals surface area contributed by atoms with Gasteiger partial charge in [0.15, 0.2) is 0 Å². The van der Waals surface area contributed by atoms with Gasteiger partial charge in [0.25, 0.3) is 5.91 Å². The van der Waals surface area contributed by atoms with E-state index in [9.17, 15) is 14.9 Å². The van der Waals surface area contributed by atoms with Crippen molar-refractivity contribution in [3.63, 3.8) is 0 Å². The van der Waals surface area contributed by atoms with Crippen LogP contribution in [0.15, 0.2) is 54.7 Å². The molecule has 2 aromatic carbocycles. The van der Waals surface area contributed by atoms with Gasteiger partial charge in [0.1, 0.15) is 6.04 Å². The van der Waals surface area contributed by atoms with Gasteiger partial charge < -0.3 is 15.1 Å². The van der Waals surface area contributed by atoms with E-state index in [1.54, 1.807) is 24.0 Å². The molecule has 7 nitrogen and oxygen atoms in total. The zero-order chi connectivity index (χ0) is 23.7. The van der Waals surface area contributed by atoms with Crippen molar-refractivity contribution >= 4 is 40.2 Å². The number of thioether (sulfide) groups is 1. The van der Waals surface area contributed by atoms with Gasteiger partial charge in [-0.2, -0.15) is 5.26 Å². The number of amides is 2. The summed E-state index contributed by atoms with van der Waals surface area (Å²) in [6, 6.07) is 18.1. The fourth-order valence-corrected chi connectivity index (χ4v) is 5.52. The average Bonchev–Trinajstić information content (AvgIpc) is 3.31. The molecule has 2 fully saturated rings. The minimum absolute atomic E-state index is 0.133. The van der Waals surface area contributed by atoms with E-state index in [0.29, 0.717) is 23.1 Å². The van der Waals surface area contributed by atoms with Crippen LogP contribution in [0, 0.1) is 18.3 Å². The van der Waals surface area contributed by atoms with Crippen LogP contribution in [0.1, 0.15) is 27.4 Å². The van der Waals surface area contributed by atoms with E-state index >= 15 is 0 Å². The molecule has 2 aliphatic heterocycles. The monoisotopic (exact) mass is 471 g/mol. The third-order valence-corrected chi connectivity index (χ3v) is 7.53. The van der Waals surface area contributed by atoms with E-state index in [1.807, 2.05) is 18.2 Å². The summed E-state index contributed by atoms with van der Waals surface area (Å²) < 4.78 is 0. The van der Waals surface area contributed by atoms with Gasteiger partial charge in [-0.25, -0.2) is 0 Å². The molecule has 0 bridgehead atoms. The molecular weight excluding hydrogens is 446 g/mol. The predicted molar refractivity (Wildman–Crippen MR) is 134 cm³/mol. The van der Waals surface area contributed by atoms with Crippen molar-refractivity contribution in [2.75, 3.05) is 36.2 Å². The number of nitriles is 1. The van der Waals surface area contributed by atoms with Gasteiger partial charge in [-0.3, -0.25) is 14.6 Å². The van der Waals surface area contributed by atoms with Crippen molar-refractivity contribution in [3.05, 3.63) is 71.4 Å². The van der Waals surface area contributed by atoms with Gasteiger partial charge in [0, 0.05) is 42.0 Å². The first-order valence-electron chi connectivity index (χ1n) is 11.3. The molecule has 1 unspecified atom stereocenters. The van der Waals surface area contributed by atoms with Gasteiger partial charge in [0.2, 0.25) is 5.91 Å². The van der Waals surface area contributed by atoms with E-state index in [1.165, 1.54) is 16.0 Å². The van der Waals surface area contributed by atoms with E-state index in [4.69, 9.17) is 0 Å². The molecule has 2 aliphatic rings. The lowest BCUT2D eigenvalue weighted by Gasteiger charge is -2.41. The summed E-state index contributed by atoms with van der Waals surface area (Å²) >= 11 is 1.54. The van der Waals surface area contributed by atoms with Gasteiger partial charge in [-0.05, 0) is 36.8 Å². The fraction of sp³-hybridized carbons (Fsp3) is 0.308. The maximum Gasteiger partial charge on any atom is 0.252 e. The highest BCUT2D eigenvalue weighted by atomic mass is 32.2. The lowest BCUT2D eigenvalue weighted by molar-refractivity contribution is -0.129. The van der Waals surface area contributed by atoms with Gasteiger partial charge in [-0.15, -0.1) is 11.8 Å². The first-order valence-corrected chi connectivity index (χ1v) is 12.4. The van der Waals surface area contributed by atoms with Crippen LogP contribution < -0.4 is 10.2 Å². The third-order valence-electron chi connectivity index (χ3n) is 6.52. The Morgan fingerprint density at radius 2 is 1.97 bits per heavy atom. The Hall–Kier alpha value is -3.57. The van der Waals surface area contributed by atoms with Crippen molar-refractivity contribution in [2.24, 2.45) is 0 Å². The highest BCUT2D eigenvalue weighted by Crippen LogP contribution is 2.33. The van der Waals surface area contributed by atoms with Gasteiger partial charge in [-0.1, -0.05) is 29.8 Å². The first-order chi connectivity index (χ1) is 16.5. The maximum absolute atomic E-state index is 13.0. The van der Waals surface area contributed by atoms with E-state index in [2.05, 4.69) is 52.5 Å². The lowest BCUT2D eigenvalue weighted by Crippen LogP contribution is -2.45.